The van der Waals surface area contributed by atoms with Gasteiger partial charge in [0.05, 0.1) is 21.3 Å². The Hall–Kier alpha value is -4.49. The van der Waals surface area contributed by atoms with E-state index in [1.165, 1.54) is 27.4 Å². The largest absolute Gasteiger partial charge is 0.468 e. The number of carbonyl (C=O) groups is 4. The summed E-state index contributed by atoms with van der Waals surface area (Å²) in [4.78, 5) is 53.9. The SMILES string of the molecule is COC(=O)/C=C1\CC(C(=O)OC)(C(=O)OC)C(c2ccccc2)C(c2ccc(Cl)cc2)=C1CC(=O)c1ccccc1. The number of benzene rings is 3. The minimum absolute atomic E-state index is 0.118. The Morgan fingerprint density at radius 2 is 1.37 bits per heavy atom. The third kappa shape index (κ3) is 5.86. The van der Waals surface area contributed by atoms with E-state index in [9.17, 15) is 19.2 Å². The van der Waals surface area contributed by atoms with Gasteiger partial charge in [0, 0.05) is 35.4 Å². The molecule has 8 heteroatoms. The number of esters is 3. The van der Waals surface area contributed by atoms with Crippen molar-refractivity contribution in [2.75, 3.05) is 21.3 Å². The molecular formula is C33H29ClO7. The number of rotatable bonds is 8. The summed E-state index contributed by atoms with van der Waals surface area (Å²) in [5.41, 5.74) is 1.04. The molecule has 0 amide bonds. The molecule has 0 radical (unpaired) electrons. The Bertz CT molecular complexity index is 1490. The Morgan fingerprint density at radius 1 is 0.805 bits per heavy atom. The Kier molecular flexibility index (Phi) is 9.20. The average Bonchev–Trinajstić information content (AvgIpc) is 3.01. The molecule has 0 saturated carbocycles. The molecule has 1 unspecified atom stereocenters. The predicted molar refractivity (Wildman–Crippen MR) is 154 cm³/mol. The first-order chi connectivity index (χ1) is 19.8. The molecule has 3 aromatic rings. The summed E-state index contributed by atoms with van der Waals surface area (Å²) < 4.78 is 15.4. The summed E-state index contributed by atoms with van der Waals surface area (Å²) in [5, 5.41) is 0.473. The third-order valence-corrected chi connectivity index (χ3v) is 7.53. The number of hydrogen-bond donors (Lipinski definition) is 0. The zero-order chi connectivity index (χ0) is 29.6. The van der Waals surface area contributed by atoms with Gasteiger partial charge in [-0.2, -0.15) is 0 Å². The molecule has 0 aliphatic heterocycles. The number of Topliss-reactive ketones (excluding diaryl/α,β-unsaturated/α-hetero) is 1. The highest BCUT2D eigenvalue weighted by Gasteiger charge is 2.59. The van der Waals surface area contributed by atoms with Crippen LogP contribution < -0.4 is 0 Å². The maximum Gasteiger partial charge on any atom is 0.330 e. The molecule has 0 fully saturated rings. The quantitative estimate of drug-likeness (QED) is 0.108. The predicted octanol–water partition coefficient (Wildman–Crippen LogP) is 5.99. The highest BCUT2D eigenvalue weighted by molar-refractivity contribution is 6.30. The second-order valence-electron chi connectivity index (χ2n) is 9.53. The van der Waals surface area contributed by atoms with Crippen LogP contribution in [0.25, 0.3) is 5.57 Å². The van der Waals surface area contributed by atoms with Crippen LogP contribution in [0.1, 0.15) is 40.2 Å². The van der Waals surface area contributed by atoms with Gasteiger partial charge in [0.15, 0.2) is 11.2 Å². The summed E-state index contributed by atoms with van der Waals surface area (Å²) >= 11 is 6.23. The van der Waals surface area contributed by atoms with Gasteiger partial charge in [-0.3, -0.25) is 14.4 Å². The fourth-order valence-corrected chi connectivity index (χ4v) is 5.56. The van der Waals surface area contributed by atoms with Crippen LogP contribution in [-0.2, 0) is 28.6 Å². The van der Waals surface area contributed by atoms with Crippen LogP contribution in [0.4, 0.5) is 0 Å². The van der Waals surface area contributed by atoms with Crippen molar-refractivity contribution in [1.29, 1.82) is 0 Å². The summed E-state index contributed by atoms with van der Waals surface area (Å²) in [6.07, 6.45) is 0.827. The second kappa shape index (κ2) is 12.8. The van der Waals surface area contributed by atoms with Crippen molar-refractivity contribution >= 4 is 40.9 Å². The van der Waals surface area contributed by atoms with Crippen molar-refractivity contribution in [3.63, 3.8) is 0 Å². The molecule has 0 heterocycles. The number of methoxy groups -OCH3 is 3. The number of carbonyl (C=O) groups excluding carboxylic acids is 4. The number of ketones is 1. The van der Waals surface area contributed by atoms with Gasteiger partial charge < -0.3 is 14.2 Å². The lowest BCUT2D eigenvalue weighted by Crippen LogP contribution is -2.49. The van der Waals surface area contributed by atoms with E-state index in [2.05, 4.69) is 0 Å². The molecule has 0 bridgehead atoms. The summed E-state index contributed by atoms with van der Waals surface area (Å²) in [6.45, 7) is 0. The van der Waals surface area contributed by atoms with Crippen molar-refractivity contribution in [3.05, 3.63) is 124 Å². The van der Waals surface area contributed by atoms with Crippen LogP contribution in [0.3, 0.4) is 0 Å². The number of ether oxygens (including phenoxy) is 3. The fourth-order valence-electron chi connectivity index (χ4n) is 5.43. The molecule has 7 nitrogen and oxygen atoms in total. The van der Waals surface area contributed by atoms with Gasteiger partial charge in [-0.25, -0.2) is 4.79 Å². The molecule has 3 aromatic carbocycles. The first kappa shape index (κ1) is 29.5. The van der Waals surface area contributed by atoms with Crippen LogP contribution in [0.15, 0.2) is 102 Å². The Morgan fingerprint density at radius 3 is 1.90 bits per heavy atom. The highest BCUT2D eigenvalue weighted by atomic mass is 35.5. The van der Waals surface area contributed by atoms with Crippen LogP contribution in [0, 0.1) is 5.41 Å². The topological polar surface area (TPSA) is 96.0 Å². The molecule has 41 heavy (non-hydrogen) atoms. The van der Waals surface area contributed by atoms with E-state index in [0.717, 1.165) is 0 Å². The van der Waals surface area contributed by atoms with Gasteiger partial charge >= 0.3 is 17.9 Å². The van der Waals surface area contributed by atoms with Crippen molar-refractivity contribution in [2.24, 2.45) is 5.41 Å². The summed E-state index contributed by atoms with van der Waals surface area (Å²) in [7, 11) is 3.61. The fraction of sp³-hybridized carbons (Fsp3) is 0.212. The van der Waals surface area contributed by atoms with E-state index in [4.69, 9.17) is 25.8 Å². The van der Waals surface area contributed by atoms with Crippen LogP contribution in [-0.4, -0.2) is 45.0 Å². The van der Waals surface area contributed by atoms with E-state index in [1.54, 1.807) is 72.8 Å². The van der Waals surface area contributed by atoms with Gasteiger partial charge in [0.2, 0.25) is 0 Å². The standard InChI is InChI=1S/C33H29ClO7/c1-39-28(36)18-24-20-33(31(37)40-2,32(38)41-3)30(23-12-8-5-9-13-23)29(22-14-16-25(34)17-15-22)26(24)19-27(35)21-10-6-4-7-11-21/h4-18,30H,19-20H2,1-3H3/b24-18+. The Labute approximate surface area is 243 Å². The normalized spacial score (nSPS) is 17.1. The monoisotopic (exact) mass is 572 g/mol. The Balaban J connectivity index is 2.15. The zero-order valence-corrected chi connectivity index (χ0v) is 23.6. The molecule has 210 valence electrons. The smallest absolute Gasteiger partial charge is 0.330 e. The van der Waals surface area contributed by atoms with E-state index in [-0.39, 0.29) is 24.2 Å². The van der Waals surface area contributed by atoms with Crippen molar-refractivity contribution < 1.29 is 33.4 Å². The van der Waals surface area contributed by atoms with Crippen molar-refractivity contribution in [3.8, 4) is 0 Å². The molecular weight excluding hydrogens is 544 g/mol. The van der Waals surface area contributed by atoms with Crippen LogP contribution >= 0.6 is 11.6 Å². The zero-order valence-electron chi connectivity index (χ0n) is 22.9. The van der Waals surface area contributed by atoms with Gasteiger partial charge in [-0.1, -0.05) is 84.4 Å². The molecule has 1 atom stereocenters. The van der Waals surface area contributed by atoms with Crippen molar-refractivity contribution in [1.82, 2.24) is 0 Å². The maximum atomic E-state index is 13.8. The minimum atomic E-state index is -1.93. The van der Waals surface area contributed by atoms with Gasteiger partial charge in [0.25, 0.3) is 0 Å². The first-order valence-electron chi connectivity index (χ1n) is 12.8. The van der Waals surface area contributed by atoms with Gasteiger partial charge in [-0.05, 0) is 40.0 Å². The maximum absolute atomic E-state index is 13.8. The van der Waals surface area contributed by atoms with E-state index in [0.29, 0.717) is 32.9 Å². The average molecular weight is 573 g/mol. The van der Waals surface area contributed by atoms with Crippen LogP contribution in [0.5, 0.6) is 0 Å². The van der Waals surface area contributed by atoms with E-state index >= 15 is 0 Å². The highest BCUT2D eigenvalue weighted by Crippen LogP contribution is 2.57. The lowest BCUT2D eigenvalue weighted by Gasteiger charge is -2.43. The van der Waals surface area contributed by atoms with Crippen molar-refractivity contribution in [2.45, 2.75) is 18.8 Å². The van der Waals surface area contributed by atoms with Gasteiger partial charge in [0.1, 0.15) is 0 Å². The molecule has 0 N–H and O–H groups in total. The van der Waals surface area contributed by atoms with Crippen LogP contribution in [0.2, 0.25) is 5.02 Å². The number of hydrogen-bond acceptors (Lipinski definition) is 7. The summed E-state index contributed by atoms with van der Waals surface area (Å²) in [5.74, 6) is -3.54. The first-order valence-corrected chi connectivity index (χ1v) is 13.2. The molecule has 0 saturated heterocycles. The lowest BCUT2D eigenvalue weighted by molar-refractivity contribution is -0.170. The molecule has 1 aliphatic carbocycles. The van der Waals surface area contributed by atoms with E-state index in [1.807, 2.05) is 12.1 Å². The molecule has 0 spiro atoms. The molecule has 4 rings (SSSR count). The molecule has 0 aromatic heterocycles. The number of halogens is 1. The lowest BCUT2D eigenvalue weighted by atomic mass is 9.58. The molecule has 1 aliphatic rings. The second-order valence-corrected chi connectivity index (χ2v) is 9.97. The van der Waals surface area contributed by atoms with Gasteiger partial charge in [-0.15, -0.1) is 0 Å². The third-order valence-electron chi connectivity index (χ3n) is 7.28. The number of allylic oxidation sites excluding steroid dienone is 3. The minimum Gasteiger partial charge on any atom is -0.468 e. The van der Waals surface area contributed by atoms with E-state index < -0.39 is 29.2 Å². The summed E-state index contributed by atoms with van der Waals surface area (Å²) in [6, 6.07) is 24.6.